The van der Waals surface area contributed by atoms with Crippen molar-refractivity contribution in [2.75, 3.05) is 18.4 Å². The summed E-state index contributed by atoms with van der Waals surface area (Å²) >= 11 is 0.528. The molecular weight excluding hydrogens is 265 g/mol. The number of nitrogens with one attached hydrogen (secondary N) is 1. The van der Waals surface area contributed by atoms with Crippen molar-refractivity contribution in [1.82, 2.24) is 10.2 Å². The highest BCUT2D eigenvalue weighted by molar-refractivity contribution is 7.15. The quantitative estimate of drug-likeness (QED) is 0.807. The minimum Gasteiger partial charge on any atom is -0.360 e. The van der Waals surface area contributed by atoms with Gasteiger partial charge < -0.3 is 11.1 Å². The Morgan fingerprint density at radius 3 is 2.56 bits per heavy atom. The lowest BCUT2D eigenvalue weighted by atomic mass is 10.00. The maximum Gasteiger partial charge on any atom is 0.445 e. The van der Waals surface area contributed by atoms with E-state index in [0.29, 0.717) is 30.3 Å². The van der Waals surface area contributed by atoms with Crippen molar-refractivity contribution >= 4 is 16.5 Å². The minimum atomic E-state index is -4.42. The van der Waals surface area contributed by atoms with E-state index in [9.17, 15) is 13.2 Å². The van der Waals surface area contributed by atoms with E-state index in [1.807, 2.05) is 0 Å². The molecule has 0 aromatic carbocycles. The SMILES string of the molecule is CCCC(CCN)CNc1nnc(C(F)(F)F)s1. The number of hydrogen-bond donors (Lipinski definition) is 2. The molecule has 1 aromatic heterocycles. The molecule has 0 aliphatic heterocycles. The largest absolute Gasteiger partial charge is 0.445 e. The third-order valence-electron chi connectivity index (χ3n) is 2.48. The Balaban J connectivity index is 2.49. The van der Waals surface area contributed by atoms with Crippen molar-refractivity contribution in [3.8, 4) is 0 Å². The number of rotatable bonds is 7. The van der Waals surface area contributed by atoms with Crippen LogP contribution in [0.2, 0.25) is 0 Å². The third kappa shape index (κ3) is 4.77. The van der Waals surface area contributed by atoms with Gasteiger partial charge in [-0.2, -0.15) is 13.2 Å². The normalized spacial score (nSPS) is 13.6. The van der Waals surface area contributed by atoms with Gasteiger partial charge in [-0.15, -0.1) is 10.2 Å². The fraction of sp³-hybridized carbons (Fsp3) is 0.800. The van der Waals surface area contributed by atoms with E-state index in [2.05, 4.69) is 22.4 Å². The van der Waals surface area contributed by atoms with Crippen molar-refractivity contribution in [1.29, 1.82) is 0 Å². The molecule has 0 spiro atoms. The molecule has 0 aliphatic carbocycles. The Morgan fingerprint density at radius 1 is 1.33 bits per heavy atom. The van der Waals surface area contributed by atoms with Gasteiger partial charge >= 0.3 is 6.18 Å². The fourth-order valence-electron chi connectivity index (χ4n) is 1.63. The standard InChI is InChI=1S/C10H17F3N4S/c1-2-3-7(4-5-14)6-15-9-17-16-8(18-9)10(11,12)13/h7H,2-6,14H2,1H3,(H,15,17). The number of alkyl halides is 3. The van der Waals surface area contributed by atoms with Gasteiger partial charge in [0.25, 0.3) is 0 Å². The average Bonchev–Trinajstić information content (AvgIpc) is 2.75. The van der Waals surface area contributed by atoms with Gasteiger partial charge in [-0.1, -0.05) is 24.7 Å². The molecule has 1 heterocycles. The molecule has 0 saturated heterocycles. The minimum absolute atomic E-state index is 0.209. The maximum atomic E-state index is 12.3. The fourth-order valence-corrected chi connectivity index (χ4v) is 2.25. The van der Waals surface area contributed by atoms with Gasteiger partial charge in [0.05, 0.1) is 0 Å². The monoisotopic (exact) mass is 282 g/mol. The van der Waals surface area contributed by atoms with Crippen molar-refractivity contribution in [2.24, 2.45) is 11.7 Å². The van der Waals surface area contributed by atoms with E-state index in [1.54, 1.807) is 0 Å². The maximum absolute atomic E-state index is 12.3. The van der Waals surface area contributed by atoms with Crippen LogP contribution in [-0.2, 0) is 6.18 Å². The van der Waals surface area contributed by atoms with Crippen LogP contribution in [0.25, 0.3) is 0 Å². The summed E-state index contributed by atoms with van der Waals surface area (Å²) in [5.74, 6) is 0.359. The Hall–Kier alpha value is -0.890. The number of nitrogens with zero attached hydrogens (tertiary/aromatic N) is 2. The first-order valence-electron chi connectivity index (χ1n) is 5.82. The summed E-state index contributed by atoms with van der Waals surface area (Å²) in [5.41, 5.74) is 5.49. The Bertz CT molecular complexity index is 347. The highest BCUT2D eigenvalue weighted by atomic mass is 32.1. The highest BCUT2D eigenvalue weighted by Crippen LogP contribution is 2.33. The molecule has 1 aromatic rings. The van der Waals surface area contributed by atoms with Crippen LogP contribution in [0.3, 0.4) is 0 Å². The van der Waals surface area contributed by atoms with Crippen LogP contribution in [0.5, 0.6) is 0 Å². The molecule has 8 heteroatoms. The molecule has 0 radical (unpaired) electrons. The second kappa shape index (κ2) is 6.89. The van der Waals surface area contributed by atoms with Gasteiger partial charge in [-0.05, 0) is 25.3 Å². The summed E-state index contributed by atoms with van der Waals surface area (Å²) in [6.07, 6.45) is -1.55. The van der Waals surface area contributed by atoms with Crippen molar-refractivity contribution in [3.63, 3.8) is 0 Å². The first kappa shape index (κ1) is 15.2. The van der Waals surface area contributed by atoms with Crippen LogP contribution >= 0.6 is 11.3 Å². The number of halogens is 3. The molecule has 0 saturated carbocycles. The van der Waals surface area contributed by atoms with Crippen molar-refractivity contribution < 1.29 is 13.2 Å². The third-order valence-corrected chi connectivity index (χ3v) is 3.41. The van der Waals surface area contributed by atoms with Gasteiger partial charge in [0.15, 0.2) is 0 Å². The van der Waals surface area contributed by atoms with Crippen molar-refractivity contribution in [3.05, 3.63) is 5.01 Å². The summed E-state index contributed by atoms with van der Waals surface area (Å²) in [7, 11) is 0. The molecule has 3 N–H and O–H groups in total. The zero-order valence-electron chi connectivity index (χ0n) is 10.1. The van der Waals surface area contributed by atoms with Gasteiger partial charge in [0, 0.05) is 6.54 Å². The van der Waals surface area contributed by atoms with E-state index < -0.39 is 11.2 Å². The lowest BCUT2D eigenvalue weighted by Gasteiger charge is -2.14. The molecule has 0 fully saturated rings. The van der Waals surface area contributed by atoms with E-state index in [4.69, 9.17) is 5.73 Å². The zero-order valence-corrected chi connectivity index (χ0v) is 10.9. The predicted molar refractivity (Wildman–Crippen MR) is 65.5 cm³/mol. The van der Waals surface area contributed by atoms with E-state index in [-0.39, 0.29) is 5.13 Å². The van der Waals surface area contributed by atoms with Gasteiger partial charge in [0.1, 0.15) is 0 Å². The molecule has 0 aliphatic rings. The molecule has 0 bridgehead atoms. The van der Waals surface area contributed by atoms with Crippen LogP contribution in [0.4, 0.5) is 18.3 Å². The second-order valence-corrected chi connectivity index (χ2v) is 5.00. The summed E-state index contributed by atoms with van der Waals surface area (Å²) in [6.45, 7) is 3.23. The van der Waals surface area contributed by atoms with Crippen LogP contribution in [0.15, 0.2) is 0 Å². The zero-order chi connectivity index (χ0) is 13.6. The Labute approximate surface area is 108 Å². The van der Waals surface area contributed by atoms with Gasteiger partial charge in [-0.3, -0.25) is 0 Å². The predicted octanol–water partition coefficient (Wildman–Crippen LogP) is 2.73. The second-order valence-electron chi connectivity index (χ2n) is 4.02. The summed E-state index contributed by atoms with van der Waals surface area (Å²) in [5, 5.41) is 8.78. The van der Waals surface area contributed by atoms with E-state index >= 15 is 0 Å². The molecule has 1 atom stereocenters. The number of anilines is 1. The van der Waals surface area contributed by atoms with E-state index in [0.717, 1.165) is 19.3 Å². The van der Waals surface area contributed by atoms with Crippen LogP contribution in [-0.4, -0.2) is 23.3 Å². The van der Waals surface area contributed by atoms with Crippen LogP contribution in [0, 0.1) is 5.92 Å². The molecule has 18 heavy (non-hydrogen) atoms. The first-order valence-corrected chi connectivity index (χ1v) is 6.63. The van der Waals surface area contributed by atoms with Gasteiger partial charge in [-0.25, -0.2) is 0 Å². The topological polar surface area (TPSA) is 63.8 Å². The smallest absolute Gasteiger partial charge is 0.360 e. The van der Waals surface area contributed by atoms with E-state index in [1.165, 1.54) is 0 Å². The lowest BCUT2D eigenvalue weighted by molar-refractivity contribution is -0.138. The number of aromatic nitrogens is 2. The lowest BCUT2D eigenvalue weighted by Crippen LogP contribution is -2.17. The van der Waals surface area contributed by atoms with Crippen LogP contribution < -0.4 is 11.1 Å². The molecule has 0 amide bonds. The Kier molecular flexibility index (Phi) is 5.80. The molecule has 1 rings (SSSR count). The number of nitrogens with two attached hydrogens (primary N) is 1. The van der Waals surface area contributed by atoms with Crippen LogP contribution in [0.1, 0.15) is 31.2 Å². The van der Waals surface area contributed by atoms with Crippen molar-refractivity contribution in [2.45, 2.75) is 32.4 Å². The molecule has 104 valence electrons. The first-order chi connectivity index (χ1) is 8.47. The highest BCUT2D eigenvalue weighted by Gasteiger charge is 2.35. The molecule has 1 unspecified atom stereocenters. The summed E-state index contributed by atoms with van der Waals surface area (Å²) in [4.78, 5) is 0. The average molecular weight is 282 g/mol. The Morgan fingerprint density at radius 2 is 2.06 bits per heavy atom. The molecule has 4 nitrogen and oxygen atoms in total. The summed E-state index contributed by atoms with van der Waals surface area (Å²) < 4.78 is 36.9. The summed E-state index contributed by atoms with van der Waals surface area (Å²) in [6, 6.07) is 0. The molecular formula is C10H17F3N4S. The number of hydrogen-bond acceptors (Lipinski definition) is 5. The van der Waals surface area contributed by atoms with Gasteiger partial charge in [0.2, 0.25) is 10.1 Å².